The standard InChI is InChI=1S/C22H21Cl2N3O3/c1-14(28)27(11-9-21(29)30-2)20-7-6-18(23)17(22(20)24)13-26-19-5-3-4-15-12-25-10-8-16(15)19/h3-8,10,12,26H,9,11,13H2,1-2H3. The molecule has 1 aromatic heterocycles. The number of nitrogens with one attached hydrogen (secondary N) is 1. The molecule has 1 amide bonds. The van der Waals surface area contributed by atoms with Crippen molar-refractivity contribution in [1.29, 1.82) is 0 Å². The molecule has 3 aromatic rings. The smallest absolute Gasteiger partial charge is 0.307 e. The second kappa shape index (κ2) is 9.78. The van der Waals surface area contributed by atoms with Crippen LogP contribution in [0.25, 0.3) is 10.8 Å². The number of hydrogen-bond donors (Lipinski definition) is 1. The highest BCUT2D eigenvalue weighted by atomic mass is 35.5. The third-order valence-corrected chi connectivity index (χ3v) is 5.52. The molecule has 0 bridgehead atoms. The Bertz CT molecular complexity index is 1080. The summed E-state index contributed by atoms with van der Waals surface area (Å²) in [4.78, 5) is 29.3. The second-order valence-electron chi connectivity index (χ2n) is 6.61. The number of methoxy groups -OCH3 is 1. The fraction of sp³-hybridized carbons (Fsp3) is 0.227. The predicted molar refractivity (Wildman–Crippen MR) is 120 cm³/mol. The van der Waals surface area contributed by atoms with E-state index >= 15 is 0 Å². The molecule has 2 aromatic carbocycles. The monoisotopic (exact) mass is 445 g/mol. The van der Waals surface area contributed by atoms with Gasteiger partial charge in [0.1, 0.15) is 0 Å². The van der Waals surface area contributed by atoms with Gasteiger partial charge >= 0.3 is 5.97 Å². The lowest BCUT2D eigenvalue weighted by Crippen LogP contribution is -2.31. The molecule has 0 fully saturated rings. The van der Waals surface area contributed by atoms with Crippen LogP contribution in [0.15, 0.2) is 48.8 Å². The van der Waals surface area contributed by atoms with Crippen molar-refractivity contribution in [2.45, 2.75) is 19.9 Å². The summed E-state index contributed by atoms with van der Waals surface area (Å²) in [5.74, 6) is -0.637. The first-order valence-electron chi connectivity index (χ1n) is 9.30. The zero-order valence-electron chi connectivity index (χ0n) is 16.6. The zero-order chi connectivity index (χ0) is 21.7. The van der Waals surface area contributed by atoms with Gasteiger partial charge in [-0.15, -0.1) is 0 Å². The number of rotatable bonds is 7. The van der Waals surface area contributed by atoms with Gasteiger partial charge in [-0.2, -0.15) is 0 Å². The Labute approximate surface area is 184 Å². The third-order valence-electron chi connectivity index (χ3n) is 4.74. The van der Waals surface area contributed by atoms with Gasteiger partial charge in [0.25, 0.3) is 0 Å². The number of esters is 1. The molecule has 156 valence electrons. The molecule has 0 saturated carbocycles. The Morgan fingerprint density at radius 3 is 2.70 bits per heavy atom. The number of benzene rings is 2. The van der Waals surface area contributed by atoms with Crippen LogP contribution in [0.2, 0.25) is 10.0 Å². The van der Waals surface area contributed by atoms with E-state index in [9.17, 15) is 9.59 Å². The van der Waals surface area contributed by atoms with Gasteiger partial charge in [0, 0.05) is 59.5 Å². The molecule has 0 aliphatic heterocycles. The highest BCUT2D eigenvalue weighted by Crippen LogP contribution is 2.35. The normalized spacial score (nSPS) is 10.7. The lowest BCUT2D eigenvalue weighted by Gasteiger charge is -2.24. The van der Waals surface area contributed by atoms with Crippen molar-refractivity contribution in [3.8, 4) is 0 Å². The molecular formula is C22H21Cl2N3O3. The number of fused-ring (bicyclic) bond motifs is 1. The third kappa shape index (κ3) is 4.83. The van der Waals surface area contributed by atoms with E-state index in [1.165, 1.54) is 18.9 Å². The van der Waals surface area contributed by atoms with Crippen molar-refractivity contribution in [2.24, 2.45) is 0 Å². The number of amides is 1. The van der Waals surface area contributed by atoms with E-state index in [2.05, 4.69) is 15.0 Å². The van der Waals surface area contributed by atoms with E-state index in [-0.39, 0.29) is 18.9 Å². The summed E-state index contributed by atoms with van der Waals surface area (Å²) in [6.07, 6.45) is 3.60. The molecule has 0 saturated heterocycles. The summed E-state index contributed by atoms with van der Waals surface area (Å²) in [6, 6.07) is 11.2. The number of anilines is 2. The average molecular weight is 446 g/mol. The minimum atomic E-state index is -0.404. The second-order valence-corrected chi connectivity index (χ2v) is 7.40. The highest BCUT2D eigenvalue weighted by Gasteiger charge is 2.20. The van der Waals surface area contributed by atoms with E-state index in [4.69, 9.17) is 23.2 Å². The van der Waals surface area contributed by atoms with Crippen molar-refractivity contribution in [3.63, 3.8) is 0 Å². The van der Waals surface area contributed by atoms with Crippen LogP contribution in [0, 0.1) is 0 Å². The Kier molecular flexibility index (Phi) is 7.13. The summed E-state index contributed by atoms with van der Waals surface area (Å²) < 4.78 is 4.67. The molecule has 0 aliphatic carbocycles. The molecular weight excluding hydrogens is 425 g/mol. The van der Waals surface area contributed by atoms with Crippen molar-refractivity contribution >= 4 is 57.2 Å². The van der Waals surface area contributed by atoms with Crippen LogP contribution < -0.4 is 10.2 Å². The van der Waals surface area contributed by atoms with E-state index in [1.54, 1.807) is 24.5 Å². The Balaban J connectivity index is 1.88. The van der Waals surface area contributed by atoms with Gasteiger partial charge in [-0.05, 0) is 24.3 Å². The molecule has 8 heteroatoms. The van der Waals surface area contributed by atoms with Crippen LogP contribution in [0.3, 0.4) is 0 Å². The maximum absolute atomic E-state index is 12.2. The zero-order valence-corrected chi connectivity index (χ0v) is 18.1. The predicted octanol–water partition coefficient (Wildman–Crippen LogP) is 5.07. The van der Waals surface area contributed by atoms with Gasteiger partial charge < -0.3 is 15.0 Å². The van der Waals surface area contributed by atoms with Crippen LogP contribution >= 0.6 is 23.2 Å². The van der Waals surface area contributed by atoms with E-state index in [0.29, 0.717) is 27.8 Å². The number of hydrogen-bond acceptors (Lipinski definition) is 5. The molecule has 0 atom stereocenters. The number of carbonyl (C=O) groups excluding carboxylic acids is 2. The number of ether oxygens (including phenoxy) is 1. The largest absolute Gasteiger partial charge is 0.469 e. The maximum atomic E-state index is 12.2. The van der Waals surface area contributed by atoms with Gasteiger partial charge in [0.2, 0.25) is 5.91 Å². The van der Waals surface area contributed by atoms with Crippen LogP contribution in [0.4, 0.5) is 11.4 Å². The van der Waals surface area contributed by atoms with Crippen LogP contribution in [0.5, 0.6) is 0 Å². The molecule has 3 rings (SSSR count). The highest BCUT2D eigenvalue weighted by molar-refractivity contribution is 6.38. The van der Waals surface area contributed by atoms with Crippen LogP contribution in [0.1, 0.15) is 18.9 Å². The topological polar surface area (TPSA) is 71.5 Å². The van der Waals surface area contributed by atoms with E-state index < -0.39 is 5.97 Å². The van der Waals surface area contributed by atoms with Gasteiger partial charge in [0.15, 0.2) is 0 Å². The van der Waals surface area contributed by atoms with Crippen molar-refractivity contribution in [2.75, 3.05) is 23.9 Å². The number of carbonyl (C=O) groups is 2. The molecule has 30 heavy (non-hydrogen) atoms. The molecule has 1 N–H and O–H groups in total. The summed E-state index contributed by atoms with van der Waals surface area (Å²) in [5, 5.41) is 6.25. The fourth-order valence-electron chi connectivity index (χ4n) is 3.17. The van der Waals surface area contributed by atoms with Gasteiger partial charge in [-0.3, -0.25) is 14.6 Å². The molecule has 0 unspecified atom stereocenters. The number of halogens is 2. The van der Waals surface area contributed by atoms with Crippen LogP contribution in [-0.2, 0) is 20.9 Å². The first-order valence-corrected chi connectivity index (χ1v) is 10.1. The Morgan fingerprint density at radius 2 is 1.97 bits per heavy atom. The maximum Gasteiger partial charge on any atom is 0.307 e. The van der Waals surface area contributed by atoms with E-state index in [1.807, 2.05) is 24.3 Å². The summed E-state index contributed by atoms with van der Waals surface area (Å²) in [5.41, 5.74) is 2.07. The molecule has 1 heterocycles. The summed E-state index contributed by atoms with van der Waals surface area (Å²) in [6.45, 7) is 1.94. The summed E-state index contributed by atoms with van der Waals surface area (Å²) in [7, 11) is 1.31. The Hall–Kier alpha value is -2.83. The van der Waals surface area contributed by atoms with Crippen molar-refractivity contribution in [3.05, 3.63) is 64.4 Å². The molecule has 0 aliphatic rings. The van der Waals surface area contributed by atoms with Crippen LogP contribution in [-0.4, -0.2) is 30.5 Å². The number of nitrogens with zero attached hydrogens (tertiary/aromatic N) is 2. The van der Waals surface area contributed by atoms with E-state index in [0.717, 1.165) is 16.5 Å². The summed E-state index contributed by atoms with van der Waals surface area (Å²) >= 11 is 13.1. The Morgan fingerprint density at radius 1 is 1.17 bits per heavy atom. The molecule has 0 radical (unpaired) electrons. The number of pyridine rings is 1. The minimum Gasteiger partial charge on any atom is -0.469 e. The van der Waals surface area contributed by atoms with Gasteiger partial charge in [-0.25, -0.2) is 0 Å². The molecule has 0 spiro atoms. The first kappa shape index (κ1) is 21.9. The first-order chi connectivity index (χ1) is 14.4. The number of aromatic nitrogens is 1. The lowest BCUT2D eigenvalue weighted by atomic mass is 10.1. The van der Waals surface area contributed by atoms with Gasteiger partial charge in [0.05, 0.1) is 24.2 Å². The quantitative estimate of drug-likeness (QED) is 0.513. The SMILES string of the molecule is COC(=O)CCN(C(C)=O)c1ccc(Cl)c(CNc2cccc3cnccc23)c1Cl. The fourth-order valence-corrected chi connectivity index (χ4v) is 3.78. The van der Waals surface area contributed by atoms with Crippen molar-refractivity contribution < 1.29 is 14.3 Å². The lowest BCUT2D eigenvalue weighted by molar-refractivity contribution is -0.140. The average Bonchev–Trinajstić information content (AvgIpc) is 2.74. The van der Waals surface area contributed by atoms with Gasteiger partial charge in [-0.1, -0.05) is 35.3 Å². The van der Waals surface area contributed by atoms with Crippen molar-refractivity contribution in [1.82, 2.24) is 4.98 Å². The molecule has 6 nitrogen and oxygen atoms in total. The minimum absolute atomic E-state index is 0.0622.